The number of benzene rings is 3. The van der Waals surface area contributed by atoms with Gasteiger partial charge in [-0.05, 0) is 46.4 Å². The fraction of sp³-hybridized carbons (Fsp3) is 0.231. The van der Waals surface area contributed by atoms with Crippen LogP contribution in [0.3, 0.4) is 0 Å². The molecule has 0 unspecified atom stereocenters. The highest BCUT2D eigenvalue weighted by Gasteiger charge is 2.26. The van der Waals surface area contributed by atoms with Crippen LogP contribution in [0.2, 0.25) is 0 Å². The van der Waals surface area contributed by atoms with Gasteiger partial charge in [-0.25, -0.2) is 13.8 Å². The van der Waals surface area contributed by atoms with E-state index in [-0.39, 0.29) is 23.4 Å². The van der Waals surface area contributed by atoms with E-state index in [4.69, 9.17) is 0 Å². The first kappa shape index (κ1) is 25.8. The maximum absolute atomic E-state index is 13.2. The second-order valence-electron chi connectivity index (χ2n) is 8.88. The zero-order valence-electron chi connectivity index (χ0n) is 19.4. The Morgan fingerprint density at radius 3 is 2.18 bits per heavy atom. The van der Waals surface area contributed by atoms with Crippen LogP contribution in [0.5, 0.6) is 0 Å². The minimum absolute atomic E-state index is 0.0480. The van der Waals surface area contributed by atoms with Crippen LogP contribution in [0.15, 0.2) is 93.3 Å². The summed E-state index contributed by atoms with van der Waals surface area (Å²) in [6.07, 6.45) is 1.54. The van der Waals surface area contributed by atoms with E-state index in [0.29, 0.717) is 0 Å². The number of nitrogens with zero attached hydrogens (tertiary/aromatic N) is 2. The van der Waals surface area contributed by atoms with Gasteiger partial charge in [-0.2, -0.15) is 9.41 Å². The molecule has 0 aromatic heterocycles. The van der Waals surface area contributed by atoms with Crippen molar-refractivity contribution in [2.24, 2.45) is 5.10 Å². The number of hydrogen-bond acceptors (Lipinski definition) is 4. The SMILES string of the molecule is CC(C)(C)c1ccc(/C=N\NC(=O)CN(Cc2ccc(Br)cc2)S(=O)(=O)c2ccccc2)cc1. The second kappa shape index (κ2) is 11.1. The van der Waals surface area contributed by atoms with Gasteiger partial charge in [-0.15, -0.1) is 0 Å². The Hall–Kier alpha value is -2.81. The van der Waals surface area contributed by atoms with Crippen LogP contribution < -0.4 is 5.43 Å². The Morgan fingerprint density at radius 1 is 0.971 bits per heavy atom. The summed E-state index contributed by atoms with van der Waals surface area (Å²) >= 11 is 3.38. The number of carbonyl (C=O) groups is 1. The molecule has 1 amide bonds. The Balaban J connectivity index is 1.73. The molecule has 0 saturated heterocycles. The van der Waals surface area contributed by atoms with Crippen molar-refractivity contribution in [1.82, 2.24) is 9.73 Å². The molecule has 3 aromatic rings. The summed E-state index contributed by atoms with van der Waals surface area (Å²) in [5.74, 6) is -0.529. The van der Waals surface area contributed by atoms with Crippen LogP contribution in [-0.4, -0.2) is 31.4 Å². The van der Waals surface area contributed by atoms with E-state index >= 15 is 0 Å². The number of amides is 1. The van der Waals surface area contributed by atoms with Crippen molar-refractivity contribution in [3.63, 3.8) is 0 Å². The Morgan fingerprint density at radius 2 is 1.59 bits per heavy atom. The van der Waals surface area contributed by atoms with Crippen molar-refractivity contribution in [3.05, 3.63) is 100 Å². The molecule has 0 saturated carbocycles. The lowest BCUT2D eigenvalue weighted by Gasteiger charge is -2.21. The molecule has 0 radical (unpaired) electrons. The van der Waals surface area contributed by atoms with Crippen LogP contribution >= 0.6 is 15.9 Å². The molecule has 1 N–H and O–H groups in total. The minimum Gasteiger partial charge on any atom is -0.272 e. The Labute approximate surface area is 209 Å². The summed E-state index contributed by atoms with van der Waals surface area (Å²) < 4.78 is 28.5. The van der Waals surface area contributed by atoms with Crippen molar-refractivity contribution in [2.45, 2.75) is 37.6 Å². The highest BCUT2D eigenvalue weighted by atomic mass is 79.9. The van der Waals surface area contributed by atoms with Gasteiger partial charge in [0.25, 0.3) is 5.91 Å². The van der Waals surface area contributed by atoms with E-state index in [2.05, 4.69) is 47.2 Å². The van der Waals surface area contributed by atoms with Crippen molar-refractivity contribution in [3.8, 4) is 0 Å². The van der Waals surface area contributed by atoms with E-state index in [1.54, 1.807) is 18.2 Å². The fourth-order valence-corrected chi connectivity index (χ4v) is 4.87. The van der Waals surface area contributed by atoms with Crippen molar-refractivity contribution >= 4 is 38.1 Å². The van der Waals surface area contributed by atoms with Crippen molar-refractivity contribution < 1.29 is 13.2 Å². The normalized spacial score (nSPS) is 12.3. The summed E-state index contributed by atoms with van der Waals surface area (Å²) in [5.41, 5.74) is 5.28. The highest BCUT2D eigenvalue weighted by Crippen LogP contribution is 2.22. The third-order valence-corrected chi connectivity index (χ3v) is 7.49. The first-order valence-electron chi connectivity index (χ1n) is 10.8. The van der Waals surface area contributed by atoms with E-state index in [1.165, 1.54) is 23.9 Å². The smallest absolute Gasteiger partial charge is 0.255 e. The number of halogens is 1. The summed E-state index contributed by atoms with van der Waals surface area (Å²) in [7, 11) is -3.89. The van der Waals surface area contributed by atoms with Gasteiger partial charge >= 0.3 is 0 Å². The van der Waals surface area contributed by atoms with E-state index in [9.17, 15) is 13.2 Å². The summed E-state index contributed by atoms with van der Waals surface area (Å²) in [6, 6.07) is 23.3. The van der Waals surface area contributed by atoms with Gasteiger partial charge in [0.1, 0.15) is 0 Å². The molecule has 0 aliphatic heterocycles. The topological polar surface area (TPSA) is 78.8 Å². The highest BCUT2D eigenvalue weighted by molar-refractivity contribution is 9.10. The molecule has 0 fully saturated rings. The third kappa shape index (κ3) is 7.09. The van der Waals surface area contributed by atoms with E-state index in [1.807, 2.05) is 48.5 Å². The van der Waals surface area contributed by atoms with Gasteiger partial charge in [0.15, 0.2) is 0 Å². The van der Waals surface area contributed by atoms with Crippen molar-refractivity contribution in [2.75, 3.05) is 6.54 Å². The molecular weight excluding hydrogens is 514 g/mol. The lowest BCUT2D eigenvalue weighted by atomic mass is 9.87. The van der Waals surface area contributed by atoms with Crippen LogP contribution in [0.1, 0.15) is 37.5 Å². The lowest BCUT2D eigenvalue weighted by Crippen LogP contribution is -2.39. The molecule has 34 heavy (non-hydrogen) atoms. The lowest BCUT2D eigenvalue weighted by molar-refractivity contribution is -0.121. The molecule has 3 rings (SSSR count). The van der Waals surface area contributed by atoms with Gasteiger partial charge in [-0.1, -0.05) is 91.3 Å². The zero-order valence-corrected chi connectivity index (χ0v) is 21.8. The van der Waals surface area contributed by atoms with Gasteiger partial charge in [-0.3, -0.25) is 4.79 Å². The maximum Gasteiger partial charge on any atom is 0.255 e. The molecule has 8 heteroatoms. The predicted molar refractivity (Wildman–Crippen MR) is 139 cm³/mol. The molecular formula is C26H28BrN3O3S. The number of sulfonamides is 1. The van der Waals surface area contributed by atoms with Crippen molar-refractivity contribution in [1.29, 1.82) is 0 Å². The van der Waals surface area contributed by atoms with Gasteiger partial charge in [0, 0.05) is 11.0 Å². The molecule has 3 aromatic carbocycles. The Bertz CT molecular complexity index is 1240. The van der Waals surface area contributed by atoms with Gasteiger partial charge in [0.2, 0.25) is 10.0 Å². The molecule has 0 aliphatic rings. The van der Waals surface area contributed by atoms with Gasteiger partial charge < -0.3 is 0 Å². The average Bonchev–Trinajstić information content (AvgIpc) is 2.80. The second-order valence-corrected chi connectivity index (χ2v) is 11.7. The molecule has 6 nitrogen and oxygen atoms in total. The number of carbonyl (C=O) groups excluding carboxylic acids is 1. The summed E-state index contributed by atoms with van der Waals surface area (Å²) in [6.45, 7) is 6.10. The Kier molecular flexibility index (Phi) is 8.41. The monoisotopic (exact) mass is 541 g/mol. The predicted octanol–water partition coefficient (Wildman–Crippen LogP) is 5.09. The zero-order chi connectivity index (χ0) is 24.8. The number of hydrazone groups is 1. The standard InChI is InChI=1S/C26H28BrN3O3S/c1-26(2,3)22-13-9-20(10-14-22)17-28-29-25(31)19-30(18-21-11-15-23(27)16-12-21)34(32,33)24-7-5-4-6-8-24/h4-17H,18-19H2,1-3H3,(H,29,31)/b28-17-. The largest absolute Gasteiger partial charge is 0.272 e. The molecule has 0 heterocycles. The van der Waals surface area contributed by atoms with Crippen LogP contribution in [0.4, 0.5) is 0 Å². The summed E-state index contributed by atoms with van der Waals surface area (Å²) in [4.78, 5) is 12.7. The van der Waals surface area contributed by atoms with E-state index < -0.39 is 15.9 Å². The molecule has 0 bridgehead atoms. The van der Waals surface area contributed by atoms with Crippen LogP contribution in [-0.2, 0) is 26.8 Å². The average molecular weight is 542 g/mol. The molecule has 178 valence electrons. The number of hydrogen-bond donors (Lipinski definition) is 1. The fourth-order valence-electron chi connectivity index (χ4n) is 3.20. The van der Waals surface area contributed by atoms with Crippen LogP contribution in [0.25, 0.3) is 0 Å². The number of rotatable bonds is 8. The minimum atomic E-state index is -3.89. The number of nitrogens with one attached hydrogen (secondary N) is 1. The molecule has 0 aliphatic carbocycles. The maximum atomic E-state index is 13.2. The first-order valence-corrected chi connectivity index (χ1v) is 13.0. The quantitative estimate of drug-likeness (QED) is 0.318. The van der Waals surface area contributed by atoms with E-state index in [0.717, 1.165) is 19.9 Å². The molecule has 0 spiro atoms. The first-order chi connectivity index (χ1) is 16.1. The third-order valence-electron chi connectivity index (χ3n) is 5.15. The molecule has 0 atom stereocenters. The summed E-state index contributed by atoms with van der Waals surface area (Å²) in [5, 5.41) is 4.01. The van der Waals surface area contributed by atoms with Crippen LogP contribution in [0, 0.1) is 0 Å². The van der Waals surface area contributed by atoms with Gasteiger partial charge in [0.05, 0.1) is 17.7 Å².